The molecule has 3 aromatic rings. The van der Waals surface area contributed by atoms with Crippen LogP contribution in [0.1, 0.15) is 23.0 Å². The van der Waals surface area contributed by atoms with Gasteiger partial charge in [-0.3, -0.25) is 4.68 Å². The lowest BCUT2D eigenvalue weighted by atomic mass is 10.1. The van der Waals surface area contributed by atoms with Gasteiger partial charge in [0.15, 0.2) is 5.69 Å². The minimum Gasteiger partial charge on any atom is -0.494 e. The number of fused-ring (bicyclic) bond motifs is 1. The fourth-order valence-corrected chi connectivity index (χ4v) is 2.63. The summed E-state index contributed by atoms with van der Waals surface area (Å²) in [4.78, 5) is 11.9. The Morgan fingerprint density at radius 1 is 1.20 bits per heavy atom. The highest BCUT2D eigenvalue weighted by Gasteiger charge is 2.20. The molecule has 0 amide bonds. The van der Waals surface area contributed by atoms with E-state index in [1.54, 1.807) is 31.2 Å². The molecule has 0 aliphatic heterocycles. The summed E-state index contributed by atoms with van der Waals surface area (Å²) in [6.07, 6.45) is 0. The lowest BCUT2D eigenvalue weighted by molar-refractivity contribution is 0.0595. The van der Waals surface area contributed by atoms with Crippen molar-refractivity contribution in [1.29, 1.82) is 0 Å². The van der Waals surface area contributed by atoms with Gasteiger partial charge in [-0.2, -0.15) is 5.10 Å². The lowest BCUT2D eigenvalue weighted by Crippen LogP contribution is -2.09. The molecule has 25 heavy (non-hydrogen) atoms. The van der Waals surface area contributed by atoms with Crippen LogP contribution < -0.4 is 4.74 Å². The van der Waals surface area contributed by atoms with Crippen LogP contribution in [0.25, 0.3) is 10.9 Å². The Morgan fingerprint density at radius 2 is 1.88 bits per heavy atom. The number of esters is 1. The highest BCUT2D eigenvalue weighted by molar-refractivity contribution is 6.02. The van der Waals surface area contributed by atoms with Crippen LogP contribution in [-0.2, 0) is 11.3 Å². The number of carbonyl (C=O) groups excluding carboxylic acids is 1. The summed E-state index contributed by atoms with van der Waals surface area (Å²) in [6.45, 7) is 1.88. The number of halogens is 2. The summed E-state index contributed by atoms with van der Waals surface area (Å²) in [6, 6.07) is 9.20. The molecule has 0 bridgehead atoms. The zero-order chi connectivity index (χ0) is 18.0. The quantitative estimate of drug-likeness (QED) is 0.663. The van der Waals surface area contributed by atoms with E-state index in [1.165, 1.54) is 11.8 Å². The third-order valence-corrected chi connectivity index (χ3v) is 3.77. The van der Waals surface area contributed by atoms with Crippen LogP contribution in [0.5, 0.6) is 5.75 Å². The molecule has 2 aromatic carbocycles. The number of methoxy groups -OCH3 is 1. The molecule has 0 saturated carbocycles. The van der Waals surface area contributed by atoms with Gasteiger partial charge in [-0.15, -0.1) is 0 Å². The number of para-hydroxylation sites is 1. The zero-order valence-corrected chi connectivity index (χ0v) is 13.8. The molecule has 0 atom stereocenters. The highest BCUT2D eigenvalue weighted by atomic mass is 19.1. The first-order chi connectivity index (χ1) is 12.0. The zero-order valence-electron chi connectivity index (χ0n) is 13.8. The van der Waals surface area contributed by atoms with Gasteiger partial charge in [0.05, 0.1) is 25.8 Å². The fraction of sp³-hybridized carbons (Fsp3) is 0.222. The van der Waals surface area contributed by atoms with Gasteiger partial charge in [0, 0.05) is 23.1 Å². The van der Waals surface area contributed by atoms with Gasteiger partial charge in [0.2, 0.25) is 0 Å². The Bertz CT molecular complexity index is 914. The average Bonchev–Trinajstić information content (AvgIpc) is 2.96. The van der Waals surface area contributed by atoms with Crippen LogP contribution >= 0.6 is 0 Å². The molecule has 0 N–H and O–H groups in total. The molecule has 0 aliphatic rings. The topological polar surface area (TPSA) is 53.4 Å². The van der Waals surface area contributed by atoms with Gasteiger partial charge < -0.3 is 9.47 Å². The number of hydrogen-bond donors (Lipinski definition) is 0. The molecule has 0 unspecified atom stereocenters. The summed E-state index contributed by atoms with van der Waals surface area (Å²) < 4.78 is 39.8. The van der Waals surface area contributed by atoms with E-state index in [9.17, 15) is 13.6 Å². The van der Waals surface area contributed by atoms with E-state index >= 15 is 0 Å². The van der Waals surface area contributed by atoms with Crippen molar-refractivity contribution in [2.45, 2.75) is 13.5 Å². The Balaban J connectivity index is 2.06. The predicted molar refractivity (Wildman–Crippen MR) is 87.7 cm³/mol. The molecule has 1 heterocycles. The van der Waals surface area contributed by atoms with E-state index in [2.05, 4.69) is 5.10 Å². The second kappa shape index (κ2) is 6.88. The Labute approximate surface area is 142 Å². The summed E-state index contributed by atoms with van der Waals surface area (Å²) in [5.74, 6) is -1.95. The maximum atomic E-state index is 14.3. The molecular weight excluding hydrogens is 330 g/mol. The third-order valence-electron chi connectivity index (χ3n) is 3.77. The maximum Gasteiger partial charge on any atom is 0.359 e. The van der Waals surface area contributed by atoms with Crippen LogP contribution in [0.3, 0.4) is 0 Å². The second-order valence-electron chi connectivity index (χ2n) is 5.31. The van der Waals surface area contributed by atoms with E-state index in [1.807, 2.05) is 0 Å². The summed E-state index contributed by atoms with van der Waals surface area (Å²) in [5.41, 5.74) is 0.522. The molecule has 3 rings (SSSR count). The van der Waals surface area contributed by atoms with E-state index < -0.39 is 17.6 Å². The van der Waals surface area contributed by atoms with Crippen molar-refractivity contribution in [2.75, 3.05) is 13.7 Å². The van der Waals surface area contributed by atoms with Gasteiger partial charge >= 0.3 is 5.97 Å². The van der Waals surface area contributed by atoms with Crippen molar-refractivity contribution >= 4 is 16.9 Å². The predicted octanol–water partition coefficient (Wildman–Crippen LogP) is 3.55. The number of ether oxygens (including phenoxy) is 2. The first-order valence-electron chi connectivity index (χ1n) is 7.69. The van der Waals surface area contributed by atoms with Crippen LogP contribution in [-0.4, -0.2) is 29.5 Å². The molecule has 130 valence electrons. The second-order valence-corrected chi connectivity index (χ2v) is 5.31. The molecular formula is C18H16F2N2O3. The van der Waals surface area contributed by atoms with Crippen molar-refractivity contribution < 1.29 is 23.0 Å². The van der Waals surface area contributed by atoms with Crippen molar-refractivity contribution in [3.8, 4) is 5.75 Å². The summed E-state index contributed by atoms with van der Waals surface area (Å²) >= 11 is 0. The molecule has 0 aliphatic carbocycles. The molecule has 0 fully saturated rings. The normalized spacial score (nSPS) is 10.9. The van der Waals surface area contributed by atoms with Crippen LogP contribution in [0, 0.1) is 11.6 Å². The van der Waals surface area contributed by atoms with Gasteiger partial charge in [-0.05, 0) is 13.0 Å². The van der Waals surface area contributed by atoms with Crippen molar-refractivity contribution in [3.63, 3.8) is 0 Å². The molecule has 0 radical (unpaired) electrons. The smallest absolute Gasteiger partial charge is 0.359 e. The van der Waals surface area contributed by atoms with Crippen molar-refractivity contribution in [2.24, 2.45) is 0 Å². The number of aromatic nitrogens is 2. The number of carbonyl (C=O) groups is 1. The van der Waals surface area contributed by atoms with Crippen LogP contribution in [0.2, 0.25) is 0 Å². The monoisotopic (exact) mass is 346 g/mol. The minimum absolute atomic E-state index is 0.102. The van der Waals surface area contributed by atoms with Gasteiger partial charge in [-0.25, -0.2) is 13.6 Å². The summed E-state index contributed by atoms with van der Waals surface area (Å²) in [7, 11) is 1.25. The van der Waals surface area contributed by atoms with Crippen LogP contribution in [0.4, 0.5) is 8.78 Å². The first-order valence-corrected chi connectivity index (χ1v) is 7.69. The lowest BCUT2D eigenvalue weighted by Gasteiger charge is -2.09. The van der Waals surface area contributed by atoms with Crippen molar-refractivity contribution in [1.82, 2.24) is 9.78 Å². The van der Waals surface area contributed by atoms with Gasteiger partial charge in [0.25, 0.3) is 0 Å². The molecule has 0 spiro atoms. The minimum atomic E-state index is -0.734. The fourth-order valence-electron chi connectivity index (χ4n) is 2.63. The van der Waals surface area contributed by atoms with Gasteiger partial charge in [0.1, 0.15) is 17.4 Å². The Hall–Kier alpha value is -2.96. The standard InChI is InChI=1S/C18H16F2N2O3/c1-3-25-11-8-14(19)13(15(20)9-11)10-22-16-7-5-4-6-12(16)17(21-22)18(23)24-2/h4-9H,3,10H2,1-2H3. The first kappa shape index (κ1) is 16.9. The van der Waals surface area contributed by atoms with E-state index in [4.69, 9.17) is 9.47 Å². The number of nitrogens with zero attached hydrogens (tertiary/aromatic N) is 2. The summed E-state index contributed by atoms with van der Waals surface area (Å²) in [5, 5.41) is 4.73. The Morgan fingerprint density at radius 3 is 2.52 bits per heavy atom. The van der Waals surface area contributed by atoms with Crippen molar-refractivity contribution in [3.05, 3.63) is 59.3 Å². The van der Waals surface area contributed by atoms with E-state index in [0.29, 0.717) is 17.5 Å². The number of hydrogen-bond acceptors (Lipinski definition) is 4. The SMILES string of the molecule is CCOc1cc(F)c(Cn2nc(C(=O)OC)c3ccccc32)c(F)c1. The molecule has 5 nitrogen and oxygen atoms in total. The molecule has 1 aromatic heterocycles. The van der Waals surface area contributed by atoms with E-state index in [-0.39, 0.29) is 23.6 Å². The maximum absolute atomic E-state index is 14.3. The van der Waals surface area contributed by atoms with E-state index in [0.717, 1.165) is 12.1 Å². The highest BCUT2D eigenvalue weighted by Crippen LogP contribution is 2.24. The third kappa shape index (κ3) is 3.17. The molecule has 7 heteroatoms. The van der Waals surface area contributed by atoms with Crippen LogP contribution in [0.15, 0.2) is 36.4 Å². The largest absolute Gasteiger partial charge is 0.494 e. The number of benzene rings is 2. The molecule has 0 saturated heterocycles. The average molecular weight is 346 g/mol. The van der Waals surface area contributed by atoms with Gasteiger partial charge in [-0.1, -0.05) is 18.2 Å². The Kier molecular flexibility index (Phi) is 4.65. The number of rotatable bonds is 5.